The molecule has 0 aromatic heterocycles. The van der Waals surface area contributed by atoms with E-state index < -0.39 is 0 Å². The molecule has 4 heavy (non-hydrogen) atoms. The minimum atomic E-state index is 0. The number of hydrogen-bond donors (Lipinski definition) is 0. The van der Waals surface area contributed by atoms with Crippen LogP contribution in [0.1, 0.15) is 6.92 Å². The normalized spacial score (nSPS) is 4.50. The summed E-state index contributed by atoms with van der Waals surface area (Å²) in [5, 5.41) is 0. The van der Waals surface area contributed by atoms with Crippen molar-refractivity contribution in [1.82, 2.24) is 0 Å². The SMILES string of the molecule is CC[PH-].[Na+]. The minimum absolute atomic E-state index is 0. The van der Waals surface area contributed by atoms with Crippen LogP contribution >= 0.6 is 9.24 Å². The summed E-state index contributed by atoms with van der Waals surface area (Å²) in [7, 11) is 3.18. The van der Waals surface area contributed by atoms with Gasteiger partial charge in [-0.05, 0) is 0 Å². The summed E-state index contributed by atoms with van der Waals surface area (Å²) in [5.74, 6) is 0. The van der Waals surface area contributed by atoms with Gasteiger partial charge in [-0.2, -0.15) is 6.16 Å². The average molecular weight is 84.0 g/mol. The van der Waals surface area contributed by atoms with Crippen molar-refractivity contribution in [3.05, 3.63) is 0 Å². The second-order valence-corrected chi connectivity index (χ2v) is 1.06. The first-order chi connectivity index (χ1) is 1.41. The summed E-state index contributed by atoms with van der Waals surface area (Å²) in [6, 6.07) is 0. The maximum Gasteiger partial charge on any atom is 1.00 e. The van der Waals surface area contributed by atoms with E-state index in [1.807, 2.05) is 6.92 Å². The van der Waals surface area contributed by atoms with E-state index in [9.17, 15) is 0 Å². The predicted octanol–water partition coefficient (Wildman–Crippen LogP) is -1.85. The maximum atomic E-state index is 3.18. The van der Waals surface area contributed by atoms with Crippen molar-refractivity contribution in [2.75, 3.05) is 6.16 Å². The molecule has 0 aliphatic carbocycles. The molecule has 0 saturated carbocycles. The second-order valence-electron chi connectivity index (χ2n) is 0.354. The molecule has 20 valence electrons. The van der Waals surface area contributed by atoms with Gasteiger partial charge >= 0.3 is 29.6 Å². The van der Waals surface area contributed by atoms with E-state index in [1.165, 1.54) is 0 Å². The van der Waals surface area contributed by atoms with Gasteiger partial charge in [0.1, 0.15) is 0 Å². The fraction of sp³-hybridized carbons (Fsp3) is 1.00. The molecule has 0 radical (unpaired) electrons. The Morgan fingerprint density at radius 2 is 1.75 bits per heavy atom. The van der Waals surface area contributed by atoms with Crippen molar-refractivity contribution in [1.29, 1.82) is 0 Å². The first-order valence-electron chi connectivity index (χ1n) is 1.06. The average Bonchev–Trinajstić information content (AvgIpc) is 0.918. The molecule has 0 bridgehead atoms. The molecule has 0 N–H and O–H groups in total. The quantitative estimate of drug-likeness (QED) is 0.239. The third-order valence-electron chi connectivity index (χ3n) is 0. The molecule has 0 aliphatic heterocycles. The molecule has 2 heteroatoms. The maximum absolute atomic E-state index is 3.18. The standard InChI is InChI=1S/C2H6P.Na/c1-2-3;/h3H,2H2,1H3;/q-1;+1. The summed E-state index contributed by atoms with van der Waals surface area (Å²) in [6.07, 6.45) is 1.06. The van der Waals surface area contributed by atoms with Crippen LogP contribution in [-0.2, 0) is 0 Å². The molecule has 0 heterocycles. The van der Waals surface area contributed by atoms with Gasteiger partial charge in [0.2, 0.25) is 0 Å². The topological polar surface area (TPSA) is 0 Å². The first kappa shape index (κ1) is 9.06. The van der Waals surface area contributed by atoms with Crippen molar-refractivity contribution in [3.8, 4) is 0 Å². The van der Waals surface area contributed by atoms with Gasteiger partial charge in [0.05, 0.1) is 0 Å². The first-order valence-corrected chi connectivity index (χ1v) is 1.77. The second kappa shape index (κ2) is 8.83. The monoisotopic (exact) mass is 84.0 g/mol. The molecule has 0 aromatic rings. The Labute approximate surface area is 51.8 Å². The van der Waals surface area contributed by atoms with Gasteiger partial charge in [-0.3, -0.25) is 0 Å². The minimum Gasteiger partial charge on any atom is -0.559 e. The Balaban J connectivity index is 0. The Kier molecular flexibility index (Phi) is 20.0. The van der Waals surface area contributed by atoms with Gasteiger partial charge in [0.25, 0.3) is 0 Å². The van der Waals surface area contributed by atoms with Crippen molar-refractivity contribution >= 4 is 9.24 Å². The zero-order chi connectivity index (χ0) is 2.71. The van der Waals surface area contributed by atoms with E-state index in [2.05, 4.69) is 9.24 Å². The van der Waals surface area contributed by atoms with Crippen LogP contribution in [0.3, 0.4) is 0 Å². The Morgan fingerprint density at radius 1 is 1.75 bits per heavy atom. The van der Waals surface area contributed by atoms with E-state index >= 15 is 0 Å². The van der Waals surface area contributed by atoms with E-state index in [1.54, 1.807) is 0 Å². The van der Waals surface area contributed by atoms with Gasteiger partial charge in [-0.25, -0.2) is 0 Å². The van der Waals surface area contributed by atoms with Crippen LogP contribution in [0.25, 0.3) is 0 Å². The molecule has 0 aromatic carbocycles. The largest absolute Gasteiger partial charge is 1.00 e. The molecule has 0 aliphatic rings. The van der Waals surface area contributed by atoms with Gasteiger partial charge < -0.3 is 9.24 Å². The molecule has 0 spiro atoms. The van der Waals surface area contributed by atoms with Crippen molar-refractivity contribution in [3.63, 3.8) is 0 Å². The Bertz CT molecular complexity index is 6.00. The summed E-state index contributed by atoms with van der Waals surface area (Å²) in [4.78, 5) is 0. The molecule has 0 amide bonds. The summed E-state index contributed by atoms with van der Waals surface area (Å²) in [5.41, 5.74) is 0. The van der Waals surface area contributed by atoms with Crippen molar-refractivity contribution in [2.24, 2.45) is 0 Å². The Morgan fingerprint density at radius 3 is 1.75 bits per heavy atom. The van der Waals surface area contributed by atoms with Crippen LogP contribution in [0, 0.1) is 0 Å². The van der Waals surface area contributed by atoms with Crippen molar-refractivity contribution < 1.29 is 29.6 Å². The van der Waals surface area contributed by atoms with E-state index in [0.717, 1.165) is 6.16 Å². The molecule has 0 fully saturated rings. The molecule has 0 saturated heterocycles. The molecule has 0 nitrogen and oxygen atoms in total. The molecular formula is C2H6NaP. The number of rotatable bonds is 0. The van der Waals surface area contributed by atoms with Gasteiger partial charge in [0, 0.05) is 0 Å². The molecule has 0 rings (SSSR count). The van der Waals surface area contributed by atoms with Crippen LogP contribution in [0.4, 0.5) is 0 Å². The van der Waals surface area contributed by atoms with Crippen molar-refractivity contribution in [2.45, 2.75) is 6.92 Å². The predicted molar refractivity (Wildman–Crippen MR) is 18.9 cm³/mol. The van der Waals surface area contributed by atoms with Crippen LogP contribution in [0.2, 0.25) is 0 Å². The molecule has 0 atom stereocenters. The zero-order valence-electron chi connectivity index (χ0n) is 3.21. The van der Waals surface area contributed by atoms with Gasteiger partial charge in [0.15, 0.2) is 0 Å². The third-order valence-corrected chi connectivity index (χ3v) is 0. The summed E-state index contributed by atoms with van der Waals surface area (Å²) >= 11 is 0. The third kappa shape index (κ3) is 9.90. The zero-order valence-corrected chi connectivity index (χ0v) is 6.21. The number of hydrogen-bond acceptors (Lipinski definition) is 0. The molecular weight excluding hydrogens is 78.0 g/mol. The summed E-state index contributed by atoms with van der Waals surface area (Å²) in [6.45, 7) is 2.04. The van der Waals surface area contributed by atoms with Crippen LogP contribution in [0.15, 0.2) is 0 Å². The van der Waals surface area contributed by atoms with Crippen LogP contribution < -0.4 is 29.6 Å². The Hall–Kier alpha value is 1.43. The smallest absolute Gasteiger partial charge is 0.559 e. The summed E-state index contributed by atoms with van der Waals surface area (Å²) < 4.78 is 0. The van der Waals surface area contributed by atoms with Gasteiger partial charge in [-0.15, -0.1) is 0 Å². The molecule has 0 unspecified atom stereocenters. The fourth-order valence-electron chi connectivity index (χ4n) is 0. The van der Waals surface area contributed by atoms with E-state index in [0.29, 0.717) is 0 Å². The van der Waals surface area contributed by atoms with Crippen LogP contribution in [-0.4, -0.2) is 6.16 Å². The van der Waals surface area contributed by atoms with Crippen LogP contribution in [0.5, 0.6) is 0 Å². The van der Waals surface area contributed by atoms with E-state index in [-0.39, 0.29) is 29.6 Å². The van der Waals surface area contributed by atoms with Gasteiger partial charge in [-0.1, -0.05) is 6.92 Å². The van der Waals surface area contributed by atoms with E-state index in [4.69, 9.17) is 0 Å². The fourth-order valence-corrected chi connectivity index (χ4v) is 0.